The summed E-state index contributed by atoms with van der Waals surface area (Å²) in [6, 6.07) is 6.88. The number of hydrogen-bond donors (Lipinski definition) is 1. The highest BCUT2D eigenvalue weighted by atomic mass is 19.1. The molecule has 1 N–H and O–H groups in total. The van der Waals surface area contributed by atoms with Crippen molar-refractivity contribution in [2.24, 2.45) is 5.92 Å². The lowest BCUT2D eigenvalue weighted by atomic mass is 9.99. The molecule has 1 aromatic rings. The summed E-state index contributed by atoms with van der Waals surface area (Å²) >= 11 is 0. The third-order valence-corrected chi connectivity index (χ3v) is 3.91. The van der Waals surface area contributed by atoms with Crippen LogP contribution in [0.25, 0.3) is 0 Å². The monoisotopic (exact) mass is 246 g/mol. The van der Waals surface area contributed by atoms with Crippen LogP contribution in [0.15, 0.2) is 18.2 Å². The largest absolute Gasteiger partial charge is 0.310 e. The minimum absolute atomic E-state index is 0.278. The van der Waals surface area contributed by atoms with Crippen LogP contribution in [0.4, 0.5) is 4.39 Å². The molecule has 0 aliphatic heterocycles. The number of benzene rings is 1. The zero-order chi connectivity index (χ0) is 13.0. The maximum atomic E-state index is 13.2. The summed E-state index contributed by atoms with van der Waals surface area (Å²) in [6.07, 6.45) is 5.20. The number of halogens is 1. The van der Waals surface area contributed by atoms with Crippen molar-refractivity contribution in [3.8, 4) is 6.07 Å². The Hall–Kier alpha value is -1.40. The van der Waals surface area contributed by atoms with Gasteiger partial charge in [0, 0.05) is 12.6 Å². The van der Waals surface area contributed by atoms with Crippen molar-refractivity contribution in [3.63, 3.8) is 0 Å². The lowest BCUT2D eigenvalue weighted by molar-refractivity contribution is 0.380. The van der Waals surface area contributed by atoms with Crippen LogP contribution in [0.3, 0.4) is 0 Å². The van der Waals surface area contributed by atoms with Gasteiger partial charge in [-0.25, -0.2) is 4.39 Å². The van der Waals surface area contributed by atoms with E-state index in [1.165, 1.54) is 37.8 Å². The van der Waals surface area contributed by atoms with E-state index < -0.39 is 0 Å². The number of rotatable bonds is 4. The molecular formula is C15H19FN2. The number of nitrogens with zero attached hydrogens (tertiary/aromatic N) is 1. The summed E-state index contributed by atoms with van der Waals surface area (Å²) in [4.78, 5) is 0. The van der Waals surface area contributed by atoms with Gasteiger partial charge in [0.15, 0.2) is 0 Å². The Balaban J connectivity index is 1.97. The van der Waals surface area contributed by atoms with Gasteiger partial charge in [0.1, 0.15) is 5.82 Å². The second-order valence-electron chi connectivity index (χ2n) is 5.13. The molecule has 0 aromatic heterocycles. The molecule has 1 aromatic carbocycles. The van der Waals surface area contributed by atoms with Crippen LogP contribution in [0.1, 0.15) is 43.7 Å². The fraction of sp³-hybridized carbons (Fsp3) is 0.533. The predicted molar refractivity (Wildman–Crippen MR) is 69.4 cm³/mol. The van der Waals surface area contributed by atoms with Gasteiger partial charge >= 0.3 is 0 Å². The van der Waals surface area contributed by atoms with Crippen molar-refractivity contribution in [1.29, 1.82) is 5.26 Å². The van der Waals surface area contributed by atoms with Crippen molar-refractivity contribution in [2.75, 3.05) is 0 Å². The molecule has 1 aliphatic rings. The van der Waals surface area contributed by atoms with E-state index in [1.54, 1.807) is 6.07 Å². The highest BCUT2D eigenvalue weighted by Gasteiger charge is 2.21. The quantitative estimate of drug-likeness (QED) is 0.884. The van der Waals surface area contributed by atoms with Gasteiger partial charge in [0.05, 0.1) is 11.6 Å². The predicted octanol–water partition coefficient (Wildman–Crippen LogP) is 3.37. The van der Waals surface area contributed by atoms with E-state index in [2.05, 4.69) is 18.3 Å². The van der Waals surface area contributed by atoms with Gasteiger partial charge in [-0.1, -0.05) is 12.8 Å². The van der Waals surface area contributed by atoms with Crippen LogP contribution in [-0.2, 0) is 6.54 Å². The molecule has 0 radical (unpaired) electrons. The van der Waals surface area contributed by atoms with Crippen LogP contribution in [0.5, 0.6) is 0 Å². The minimum atomic E-state index is -0.278. The highest BCUT2D eigenvalue weighted by Crippen LogP contribution is 2.27. The Bertz CT molecular complexity index is 444. The van der Waals surface area contributed by atoms with E-state index in [-0.39, 0.29) is 5.82 Å². The zero-order valence-electron chi connectivity index (χ0n) is 10.7. The molecule has 0 bridgehead atoms. The van der Waals surface area contributed by atoms with Crippen molar-refractivity contribution in [1.82, 2.24) is 5.32 Å². The second kappa shape index (κ2) is 5.97. The molecule has 2 nitrogen and oxygen atoms in total. The molecule has 0 unspecified atom stereocenters. The maximum Gasteiger partial charge on any atom is 0.123 e. The third-order valence-electron chi connectivity index (χ3n) is 3.91. The molecule has 3 heteroatoms. The molecule has 0 spiro atoms. The first-order valence-electron chi connectivity index (χ1n) is 6.62. The molecule has 2 rings (SSSR count). The lowest BCUT2D eigenvalue weighted by Gasteiger charge is -2.20. The molecule has 1 saturated carbocycles. The summed E-state index contributed by atoms with van der Waals surface area (Å²) in [5.74, 6) is 0.448. The SMILES string of the molecule is C[C@@H](NCc1cc(F)ccc1C#N)C1CCCC1. The number of nitrogens with one attached hydrogen (secondary N) is 1. The van der Waals surface area contributed by atoms with Crippen molar-refractivity contribution >= 4 is 0 Å². The lowest BCUT2D eigenvalue weighted by Crippen LogP contribution is -2.32. The molecule has 0 saturated heterocycles. The Morgan fingerprint density at radius 2 is 2.17 bits per heavy atom. The van der Waals surface area contributed by atoms with Gasteiger partial charge < -0.3 is 5.32 Å². The van der Waals surface area contributed by atoms with E-state index in [1.807, 2.05) is 0 Å². The first-order chi connectivity index (χ1) is 8.70. The van der Waals surface area contributed by atoms with Crippen LogP contribution in [-0.4, -0.2) is 6.04 Å². The standard InChI is InChI=1S/C15H19FN2/c1-11(12-4-2-3-5-12)18-10-14-8-15(16)7-6-13(14)9-17/h6-8,11-12,18H,2-5,10H2,1H3/t11-/m1/s1. The molecular weight excluding hydrogens is 227 g/mol. The molecule has 1 fully saturated rings. The highest BCUT2D eigenvalue weighted by molar-refractivity contribution is 5.37. The summed E-state index contributed by atoms with van der Waals surface area (Å²) in [5, 5.41) is 12.4. The third kappa shape index (κ3) is 3.08. The first-order valence-corrected chi connectivity index (χ1v) is 6.62. The van der Waals surface area contributed by atoms with Crippen molar-refractivity contribution in [3.05, 3.63) is 35.1 Å². The molecule has 1 atom stereocenters. The van der Waals surface area contributed by atoms with Crippen LogP contribution >= 0.6 is 0 Å². The smallest absolute Gasteiger partial charge is 0.123 e. The van der Waals surface area contributed by atoms with Crippen LogP contribution in [0, 0.1) is 23.1 Å². The molecule has 96 valence electrons. The molecule has 18 heavy (non-hydrogen) atoms. The van der Waals surface area contributed by atoms with Crippen molar-refractivity contribution < 1.29 is 4.39 Å². The van der Waals surface area contributed by atoms with Crippen LogP contribution < -0.4 is 5.32 Å². The maximum absolute atomic E-state index is 13.2. The summed E-state index contributed by atoms with van der Waals surface area (Å²) in [7, 11) is 0. The van der Waals surface area contributed by atoms with Gasteiger partial charge in [-0.15, -0.1) is 0 Å². The van der Waals surface area contributed by atoms with E-state index in [0.717, 1.165) is 11.5 Å². The van der Waals surface area contributed by atoms with Crippen LogP contribution in [0.2, 0.25) is 0 Å². The normalized spacial score (nSPS) is 17.6. The van der Waals surface area contributed by atoms with Gasteiger partial charge in [-0.2, -0.15) is 5.26 Å². The molecule has 0 amide bonds. The number of nitriles is 1. The topological polar surface area (TPSA) is 35.8 Å². The van der Waals surface area contributed by atoms with E-state index in [4.69, 9.17) is 5.26 Å². The average molecular weight is 246 g/mol. The van der Waals surface area contributed by atoms with E-state index in [9.17, 15) is 4.39 Å². The molecule has 1 aliphatic carbocycles. The van der Waals surface area contributed by atoms with Gasteiger partial charge in [0.2, 0.25) is 0 Å². The van der Waals surface area contributed by atoms with Gasteiger partial charge in [0.25, 0.3) is 0 Å². The Labute approximate surface area is 108 Å². The number of hydrogen-bond acceptors (Lipinski definition) is 2. The fourth-order valence-corrected chi connectivity index (χ4v) is 2.71. The molecule has 0 heterocycles. The average Bonchev–Trinajstić information content (AvgIpc) is 2.90. The van der Waals surface area contributed by atoms with Crippen molar-refractivity contribution in [2.45, 2.75) is 45.2 Å². The zero-order valence-corrected chi connectivity index (χ0v) is 10.7. The summed E-state index contributed by atoms with van der Waals surface area (Å²) < 4.78 is 13.2. The van der Waals surface area contributed by atoms with Gasteiger partial charge in [-0.05, 0) is 49.4 Å². The van der Waals surface area contributed by atoms with E-state index in [0.29, 0.717) is 18.2 Å². The Morgan fingerprint density at radius 1 is 1.44 bits per heavy atom. The minimum Gasteiger partial charge on any atom is -0.310 e. The fourth-order valence-electron chi connectivity index (χ4n) is 2.71. The first kappa shape index (κ1) is 13.0. The van der Waals surface area contributed by atoms with E-state index >= 15 is 0 Å². The Kier molecular flexibility index (Phi) is 4.33. The van der Waals surface area contributed by atoms with Gasteiger partial charge in [-0.3, -0.25) is 0 Å². The summed E-state index contributed by atoms with van der Waals surface area (Å²) in [5.41, 5.74) is 1.31. The Morgan fingerprint density at radius 3 is 2.83 bits per heavy atom. The second-order valence-corrected chi connectivity index (χ2v) is 5.13. The summed E-state index contributed by atoms with van der Waals surface area (Å²) in [6.45, 7) is 2.75.